The molecular weight excluding hydrogens is 296 g/mol. The number of thioether (sulfide) groups is 1. The second-order valence-electron chi connectivity index (χ2n) is 4.47. The van der Waals surface area contributed by atoms with Gasteiger partial charge < -0.3 is 15.7 Å². The smallest absolute Gasteiger partial charge is 0.315 e. The minimum absolute atomic E-state index is 0.0751. The predicted molar refractivity (Wildman–Crippen MR) is 84.5 cm³/mol. The zero-order valence-corrected chi connectivity index (χ0v) is 13.1. The van der Waals surface area contributed by atoms with Crippen molar-refractivity contribution in [1.29, 1.82) is 0 Å². The Labute approximate surface area is 129 Å². The molecule has 1 unspecified atom stereocenters. The second kappa shape index (κ2) is 9.91. The minimum atomic E-state index is -0.160. The number of nitrogens with one attached hydrogen (secondary N) is 2. The van der Waals surface area contributed by atoms with E-state index in [-0.39, 0.29) is 18.7 Å². The van der Waals surface area contributed by atoms with Crippen LogP contribution in [0.25, 0.3) is 0 Å². The third kappa shape index (κ3) is 7.62. The Morgan fingerprint density at radius 1 is 1.40 bits per heavy atom. The molecule has 0 aliphatic heterocycles. The first kappa shape index (κ1) is 17.1. The number of hydrogen-bond donors (Lipinski definition) is 3. The van der Waals surface area contributed by atoms with Crippen LogP contribution in [0, 0.1) is 0 Å². The van der Waals surface area contributed by atoms with E-state index in [1.54, 1.807) is 11.8 Å². The fourth-order valence-electron chi connectivity index (χ4n) is 1.61. The van der Waals surface area contributed by atoms with Gasteiger partial charge in [-0.15, -0.1) is 11.8 Å². The van der Waals surface area contributed by atoms with Crippen molar-refractivity contribution >= 4 is 29.4 Å². The normalized spacial score (nSPS) is 11.9. The number of carbonyl (C=O) groups is 1. The molecule has 112 valence electrons. The summed E-state index contributed by atoms with van der Waals surface area (Å²) in [5.41, 5.74) is 0. The third-order valence-corrected chi connectivity index (χ3v) is 3.91. The monoisotopic (exact) mass is 316 g/mol. The Morgan fingerprint density at radius 3 is 2.75 bits per heavy atom. The van der Waals surface area contributed by atoms with Gasteiger partial charge in [0.2, 0.25) is 0 Å². The fraction of sp³-hybridized carbons (Fsp3) is 0.500. The Hall–Kier alpha value is -0.910. The topological polar surface area (TPSA) is 61.4 Å². The van der Waals surface area contributed by atoms with Crippen molar-refractivity contribution in [3.8, 4) is 0 Å². The largest absolute Gasteiger partial charge is 0.396 e. The summed E-state index contributed by atoms with van der Waals surface area (Å²) in [5, 5.41) is 15.1. The van der Waals surface area contributed by atoms with Crippen molar-refractivity contribution in [3.05, 3.63) is 29.3 Å². The van der Waals surface area contributed by atoms with E-state index in [0.717, 1.165) is 22.1 Å². The second-order valence-corrected chi connectivity index (χ2v) is 6.07. The summed E-state index contributed by atoms with van der Waals surface area (Å²) in [6.45, 7) is 2.69. The van der Waals surface area contributed by atoms with Crippen molar-refractivity contribution in [2.45, 2.75) is 30.7 Å². The molecule has 20 heavy (non-hydrogen) atoms. The van der Waals surface area contributed by atoms with Gasteiger partial charge in [0.1, 0.15) is 0 Å². The van der Waals surface area contributed by atoms with Gasteiger partial charge in [-0.25, -0.2) is 4.79 Å². The number of carbonyl (C=O) groups excluding carboxylic acids is 1. The number of aliphatic hydroxyl groups is 1. The highest BCUT2D eigenvalue weighted by molar-refractivity contribution is 7.99. The third-order valence-electron chi connectivity index (χ3n) is 2.64. The average Bonchev–Trinajstić information content (AvgIpc) is 2.43. The first-order valence-corrected chi connectivity index (χ1v) is 8.01. The highest BCUT2D eigenvalue weighted by atomic mass is 35.5. The molecule has 0 fully saturated rings. The molecule has 0 radical (unpaired) electrons. The van der Waals surface area contributed by atoms with Gasteiger partial charge in [-0.2, -0.15) is 0 Å². The first-order chi connectivity index (χ1) is 9.61. The predicted octanol–water partition coefficient (Wildman–Crippen LogP) is 2.89. The SMILES string of the molecule is CC(CCCO)NC(=O)NCCSc1ccc(Cl)cc1. The number of halogens is 1. The van der Waals surface area contributed by atoms with Crippen LogP contribution in [0.5, 0.6) is 0 Å². The maximum Gasteiger partial charge on any atom is 0.315 e. The highest BCUT2D eigenvalue weighted by Gasteiger charge is 2.05. The summed E-state index contributed by atoms with van der Waals surface area (Å²) in [6.07, 6.45) is 1.48. The van der Waals surface area contributed by atoms with Crippen LogP contribution in [0.3, 0.4) is 0 Å². The van der Waals surface area contributed by atoms with Crippen LogP contribution < -0.4 is 10.6 Å². The van der Waals surface area contributed by atoms with Gasteiger partial charge in [-0.1, -0.05) is 11.6 Å². The molecular formula is C14H21ClN2O2S. The summed E-state index contributed by atoms with van der Waals surface area (Å²) in [6, 6.07) is 7.55. The zero-order valence-electron chi connectivity index (χ0n) is 11.6. The van der Waals surface area contributed by atoms with E-state index < -0.39 is 0 Å². The molecule has 0 aliphatic rings. The summed E-state index contributed by atoms with van der Waals surface area (Å²) in [7, 11) is 0. The van der Waals surface area contributed by atoms with Crippen LogP contribution in [-0.2, 0) is 0 Å². The number of hydrogen-bond acceptors (Lipinski definition) is 3. The van der Waals surface area contributed by atoms with E-state index in [4.69, 9.17) is 16.7 Å². The Balaban J connectivity index is 2.11. The van der Waals surface area contributed by atoms with E-state index in [0.29, 0.717) is 13.0 Å². The van der Waals surface area contributed by atoms with Crippen molar-refractivity contribution < 1.29 is 9.90 Å². The molecule has 0 aromatic heterocycles. The average molecular weight is 317 g/mol. The molecule has 6 heteroatoms. The molecule has 0 spiro atoms. The number of benzene rings is 1. The maximum absolute atomic E-state index is 11.6. The van der Waals surface area contributed by atoms with Gasteiger partial charge in [0.15, 0.2) is 0 Å². The van der Waals surface area contributed by atoms with Crippen LogP contribution in [0.1, 0.15) is 19.8 Å². The van der Waals surface area contributed by atoms with Gasteiger partial charge in [-0.3, -0.25) is 0 Å². The number of rotatable bonds is 8. The molecule has 4 nitrogen and oxygen atoms in total. The van der Waals surface area contributed by atoms with Gasteiger partial charge >= 0.3 is 6.03 Å². The van der Waals surface area contributed by atoms with Gasteiger partial charge in [0.25, 0.3) is 0 Å². The molecule has 0 heterocycles. The highest BCUT2D eigenvalue weighted by Crippen LogP contribution is 2.19. The molecule has 1 atom stereocenters. The van der Waals surface area contributed by atoms with Crippen molar-refractivity contribution in [2.75, 3.05) is 18.9 Å². The molecule has 1 aromatic carbocycles. The van der Waals surface area contributed by atoms with E-state index in [2.05, 4.69) is 10.6 Å². The summed E-state index contributed by atoms with van der Waals surface area (Å²) in [4.78, 5) is 12.7. The van der Waals surface area contributed by atoms with Crippen LogP contribution in [0.4, 0.5) is 4.79 Å². The van der Waals surface area contributed by atoms with E-state index in [1.807, 2.05) is 31.2 Å². The first-order valence-electron chi connectivity index (χ1n) is 6.65. The lowest BCUT2D eigenvalue weighted by atomic mass is 10.2. The molecule has 0 bridgehead atoms. The lowest BCUT2D eigenvalue weighted by Crippen LogP contribution is -2.41. The lowest BCUT2D eigenvalue weighted by Gasteiger charge is -2.13. The molecule has 1 rings (SSSR count). The van der Waals surface area contributed by atoms with Crippen molar-refractivity contribution in [3.63, 3.8) is 0 Å². The molecule has 1 aromatic rings. The molecule has 2 amide bonds. The van der Waals surface area contributed by atoms with Gasteiger partial charge in [0.05, 0.1) is 0 Å². The number of urea groups is 1. The Bertz CT molecular complexity index is 401. The molecule has 3 N–H and O–H groups in total. The van der Waals surface area contributed by atoms with Crippen molar-refractivity contribution in [1.82, 2.24) is 10.6 Å². The standard InChI is InChI=1S/C14H21ClN2O2S/c1-11(3-2-9-18)17-14(19)16-8-10-20-13-6-4-12(15)5-7-13/h4-7,11,18H,2-3,8-10H2,1H3,(H2,16,17,19). The molecule has 0 saturated heterocycles. The van der Waals surface area contributed by atoms with Crippen molar-refractivity contribution in [2.24, 2.45) is 0 Å². The van der Waals surface area contributed by atoms with Crippen LogP contribution in [0.2, 0.25) is 5.02 Å². The lowest BCUT2D eigenvalue weighted by molar-refractivity contribution is 0.235. The van der Waals surface area contributed by atoms with E-state index >= 15 is 0 Å². The summed E-state index contributed by atoms with van der Waals surface area (Å²) in [5.74, 6) is 0.806. The minimum Gasteiger partial charge on any atom is -0.396 e. The molecule has 0 aliphatic carbocycles. The maximum atomic E-state index is 11.6. The fourth-order valence-corrected chi connectivity index (χ4v) is 2.50. The van der Waals surface area contributed by atoms with Crippen LogP contribution in [-0.4, -0.2) is 36.1 Å². The van der Waals surface area contributed by atoms with Gasteiger partial charge in [-0.05, 0) is 44.0 Å². The molecule has 0 saturated carbocycles. The van der Waals surface area contributed by atoms with E-state index in [9.17, 15) is 4.79 Å². The number of aliphatic hydroxyl groups excluding tert-OH is 1. The quantitative estimate of drug-likeness (QED) is 0.510. The van der Waals surface area contributed by atoms with Crippen LogP contribution >= 0.6 is 23.4 Å². The Kier molecular flexibility index (Phi) is 8.49. The number of amides is 2. The zero-order chi connectivity index (χ0) is 14.8. The van der Waals surface area contributed by atoms with Crippen LogP contribution in [0.15, 0.2) is 29.2 Å². The van der Waals surface area contributed by atoms with Gasteiger partial charge in [0, 0.05) is 34.9 Å². The summed E-state index contributed by atoms with van der Waals surface area (Å²) < 4.78 is 0. The van der Waals surface area contributed by atoms with E-state index in [1.165, 1.54) is 0 Å². The Morgan fingerprint density at radius 2 is 2.10 bits per heavy atom. The summed E-state index contributed by atoms with van der Waals surface area (Å²) >= 11 is 7.48.